The SMILES string of the molecule is CC(C)CNC(=O)CN(CCN)CC(F)(F)F. The predicted molar refractivity (Wildman–Crippen MR) is 59.4 cm³/mol. The van der Waals surface area contributed by atoms with Crippen molar-refractivity contribution in [1.29, 1.82) is 0 Å². The van der Waals surface area contributed by atoms with Crippen LogP contribution in [0.5, 0.6) is 0 Å². The molecule has 102 valence electrons. The van der Waals surface area contributed by atoms with Gasteiger partial charge in [0.15, 0.2) is 0 Å². The third-order valence-electron chi connectivity index (χ3n) is 1.92. The molecule has 1 amide bonds. The third-order valence-corrected chi connectivity index (χ3v) is 1.92. The summed E-state index contributed by atoms with van der Waals surface area (Å²) in [6.45, 7) is 3.04. The average Bonchev–Trinajstić information content (AvgIpc) is 2.12. The molecule has 17 heavy (non-hydrogen) atoms. The standard InChI is InChI=1S/C10H20F3N3O/c1-8(2)5-15-9(17)6-16(4-3-14)7-10(11,12)13/h8H,3-7,14H2,1-2H3,(H,15,17). The molecule has 0 bridgehead atoms. The van der Waals surface area contributed by atoms with Gasteiger partial charge in [-0.15, -0.1) is 0 Å². The largest absolute Gasteiger partial charge is 0.401 e. The predicted octanol–water partition coefficient (Wildman–Crippen LogP) is 0.582. The average molecular weight is 255 g/mol. The Morgan fingerprint density at radius 1 is 1.41 bits per heavy atom. The van der Waals surface area contributed by atoms with Crippen LogP contribution in [0.25, 0.3) is 0 Å². The van der Waals surface area contributed by atoms with Crippen LogP contribution in [0.4, 0.5) is 13.2 Å². The lowest BCUT2D eigenvalue weighted by Crippen LogP contribution is -2.44. The van der Waals surface area contributed by atoms with Crippen molar-refractivity contribution in [2.75, 3.05) is 32.7 Å². The van der Waals surface area contributed by atoms with E-state index in [1.54, 1.807) is 0 Å². The fourth-order valence-electron chi connectivity index (χ4n) is 1.23. The number of nitrogens with one attached hydrogen (secondary N) is 1. The summed E-state index contributed by atoms with van der Waals surface area (Å²) in [4.78, 5) is 12.4. The first-order chi connectivity index (χ1) is 7.74. The number of carbonyl (C=O) groups excluding carboxylic acids is 1. The van der Waals surface area contributed by atoms with Crippen LogP contribution >= 0.6 is 0 Å². The minimum absolute atomic E-state index is 0.0502. The maximum atomic E-state index is 12.2. The van der Waals surface area contributed by atoms with E-state index >= 15 is 0 Å². The van der Waals surface area contributed by atoms with E-state index < -0.39 is 18.6 Å². The number of carbonyl (C=O) groups is 1. The zero-order valence-electron chi connectivity index (χ0n) is 10.2. The number of alkyl halides is 3. The highest BCUT2D eigenvalue weighted by molar-refractivity contribution is 5.78. The zero-order valence-corrected chi connectivity index (χ0v) is 10.2. The molecule has 3 N–H and O–H groups in total. The van der Waals surface area contributed by atoms with Crippen molar-refractivity contribution < 1.29 is 18.0 Å². The van der Waals surface area contributed by atoms with E-state index in [-0.39, 0.29) is 25.6 Å². The second-order valence-corrected chi connectivity index (χ2v) is 4.31. The molecule has 0 atom stereocenters. The molecule has 0 spiro atoms. The second-order valence-electron chi connectivity index (χ2n) is 4.31. The maximum Gasteiger partial charge on any atom is 0.401 e. The van der Waals surface area contributed by atoms with E-state index in [9.17, 15) is 18.0 Å². The molecule has 0 aromatic carbocycles. The number of halogens is 3. The highest BCUT2D eigenvalue weighted by Gasteiger charge is 2.31. The number of hydrogen-bond donors (Lipinski definition) is 2. The van der Waals surface area contributed by atoms with Gasteiger partial charge in [0, 0.05) is 19.6 Å². The Morgan fingerprint density at radius 3 is 2.41 bits per heavy atom. The third kappa shape index (κ3) is 10.1. The van der Waals surface area contributed by atoms with Crippen molar-refractivity contribution in [2.45, 2.75) is 20.0 Å². The Kier molecular flexibility index (Phi) is 7.13. The van der Waals surface area contributed by atoms with Gasteiger partial charge in [-0.2, -0.15) is 13.2 Å². The van der Waals surface area contributed by atoms with E-state index in [1.165, 1.54) is 0 Å². The van der Waals surface area contributed by atoms with Crippen LogP contribution < -0.4 is 11.1 Å². The van der Waals surface area contributed by atoms with Crippen LogP contribution in [0.15, 0.2) is 0 Å². The first-order valence-corrected chi connectivity index (χ1v) is 5.50. The normalized spacial score (nSPS) is 12.2. The van der Waals surface area contributed by atoms with Crippen molar-refractivity contribution in [2.24, 2.45) is 11.7 Å². The van der Waals surface area contributed by atoms with E-state index in [1.807, 2.05) is 13.8 Å². The van der Waals surface area contributed by atoms with Crippen LogP contribution in [-0.4, -0.2) is 49.7 Å². The summed E-state index contributed by atoms with van der Waals surface area (Å²) in [6.07, 6.45) is -4.31. The molecule has 0 aliphatic carbocycles. The van der Waals surface area contributed by atoms with Crippen molar-refractivity contribution >= 4 is 5.91 Å². The van der Waals surface area contributed by atoms with Gasteiger partial charge in [0.25, 0.3) is 0 Å². The molecule has 0 aromatic rings. The molecule has 0 aromatic heterocycles. The van der Waals surface area contributed by atoms with Crippen LogP contribution in [0.1, 0.15) is 13.8 Å². The van der Waals surface area contributed by atoms with Crippen LogP contribution in [0, 0.1) is 5.92 Å². The Labute approximate surface area is 99.3 Å². The van der Waals surface area contributed by atoms with Gasteiger partial charge in [0.2, 0.25) is 5.91 Å². The lowest BCUT2D eigenvalue weighted by Gasteiger charge is -2.22. The van der Waals surface area contributed by atoms with E-state index in [4.69, 9.17) is 5.73 Å². The molecule has 0 heterocycles. The molecule has 0 saturated heterocycles. The van der Waals surface area contributed by atoms with E-state index in [0.29, 0.717) is 6.54 Å². The fraction of sp³-hybridized carbons (Fsp3) is 0.900. The lowest BCUT2D eigenvalue weighted by molar-refractivity contribution is -0.148. The second kappa shape index (κ2) is 7.50. The van der Waals surface area contributed by atoms with Crippen molar-refractivity contribution in [3.05, 3.63) is 0 Å². The van der Waals surface area contributed by atoms with Gasteiger partial charge in [-0.25, -0.2) is 0 Å². The van der Waals surface area contributed by atoms with Gasteiger partial charge < -0.3 is 11.1 Å². The fourth-order valence-corrected chi connectivity index (χ4v) is 1.23. The van der Waals surface area contributed by atoms with E-state index in [2.05, 4.69) is 5.32 Å². The van der Waals surface area contributed by atoms with Gasteiger partial charge in [0.05, 0.1) is 13.1 Å². The molecular formula is C10H20F3N3O. The molecule has 7 heteroatoms. The zero-order chi connectivity index (χ0) is 13.5. The highest BCUT2D eigenvalue weighted by Crippen LogP contribution is 2.15. The first kappa shape index (κ1) is 16.2. The number of nitrogens with zero attached hydrogens (tertiary/aromatic N) is 1. The Morgan fingerprint density at radius 2 is 2.00 bits per heavy atom. The summed E-state index contributed by atoms with van der Waals surface area (Å²) in [5, 5.41) is 2.57. The number of rotatable bonds is 7. The molecule has 4 nitrogen and oxygen atoms in total. The quantitative estimate of drug-likeness (QED) is 0.699. The Bertz CT molecular complexity index is 231. The summed E-state index contributed by atoms with van der Waals surface area (Å²) in [7, 11) is 0. The summed E-state index contributed by atoms with van der Waals surface area (Å²) in [5.74, 6) is -0.138. The van der Waals surface area contributed by atoms with Gasteiger partial charge in [-0.1, -0.05) is 13.8 Å². The van der Waals surface area contributed by atoms with Gasteiger partial charge in [-0.05, 0) is 5.92 Å². The Balaban J connectivity index is 4.10. The van der Waals surface area contributed by atoms with Gasteiger partial charge in [-0.3, -0.25) is 9.69 Å². The summed E-state index contributed by atoms with van der Waals surface area (Å²) < 4.78 is 36.5. The molecule has 0 rings (SSSR count). The molecule has 0 saturated carbocycles. The number of amides is 1. The van der Waals surface area contributed by atoms with Crippen molar-refractivity contribution in [3.63, 3.8) is 0 Å². The molecule has 0 fully saturated rings. The van der Waals surface area contributed by atoms with Crippen molar-refractivity contribution in [3.8, 4) is 0 Å². The molecule has 0 radical (unpaired) electrons. The topological polar surface area (TPSA) is 58.4 Å². The monoisotopic (exact) mass is 255 g/mol. The smallest absolute Gasteiger partial charge is 0.355 e. The number of hydrogen-bond acceptors (Lipinski definition) is 3. The summed E-state index contributed by atoms with van der Waals surface area (Å²) in [5.41, 5.74) is 5.21. The van der Waals surface area contributed by atoms with Crippen molar-refractivity contribution in [1.82, 2.24) is 10.2 Å². The van der Waals surface area contributed by atoms with Crippen LogP contribution in [0.3, 0.4) is 0 Å². The van der Waals surface area contributed by atoms with E-state index in [0.717, 1.165) is 4.90 Å². The lowest BCUT2D eigenvalue weighted by atomic mass is 10.2. The molecular weight excluding hydrogens is 235 g/mol. The summed E-state index contributed by atoms with van der Waals surface area (Å²) in [6, 6.07) is 0. The van der Waals surface area contributed by atoms with Crippen LogP contribution in [-0.2, 0) is 4.79 Å². The Hall–Kier alpha value is -0.820. The molecule has 0 aliphatic rings. The maximum absolute atomic E-state index is 12.2. The van der Waals surface area contributed by atoms with Crippen LogP contribution in [0.2, 0.25) is 0 Å². The highest BCUT2D eigenvalue weighted by atomic mass is 19.4. The molecule has 0 unspecified atom stereocenters. The summed E-state index contributed by atoms with van der Waals surface area (Å²) >= 11 is 0. The van der Waals surface area contributed by atoms with Gasteiger partial charge >= 0.3 is 6.18 Å². The first-order valence-electron chi connectivity index (χ1n) is 5.50. The minimum atomic E-state index is -4.31. The van der Waals surface area contributed by atoms with Gasteiger partial charge in [0.1, 0.15) is 0 Å². The number of nitrogens with two attached hydrogens (primary N) is 1. The molecule has 0 aliphatic heterocycles. The minimum Gasteiger partial charge on any atom is -0.355 e.